The molecule has 2 nitrogen and oxygen atoms in total. The Bertz CT molecular complexity index is 466. The first kappa shape index (κ1) is 9.25. The summed E-state index contributed by atoms with van der Waals surface area (Å²) in [5.41, 5.74) is 5.29. The number of fused-ring (bicyclic) bond motifs is 1. The molecule has 0 fully saturated rings. The molecule has 0 N–H and O–H groups in total. The molecule has 74 valence electrons. The summed E-state index contributed by atoms with van der Waals surface area (Å²) in [6, 6.07) is 2.12. The largest absolute Gasteiger partial charge is 0.240 e. The van der Waals surface area contributed by atoms with Crippen LogP contribution in [0, 0.1) is 13.8 Å². The van der Waals surface area contributed by atoms with E-state index in [1.807, 2.05) is 16.9 Å². The van der Waals surface area contributed by atoms with Crippen molar-refractivity contribution in [3.05, 3.63) is 35.2 Å². The van der Waals surface area contributed by atoms with Gasteiger partial charge in [-0.1, -0.05) is 13.8 Å². The molecule has 2 heteroatoms. The van der Waals surface area contributed by atoms with Crippen LogP contribution in [0.4, 0.5) is 0 Å². The summed E-state index contributed by atoms with van der Waals surface area (Å²) in [5, 5.41) is 4.36. The predicted molar refractivity (Wildman–Crippen MR) is 58.8 cm³/mol. The minimum atomic E-state index is 0.550. The second kappa shape index (κ2) is 3.12. The van der Waals surface area contributed by atoms with Crippen molar-refractivity contribution in [1.29, 1.82) is 0 Å². The Hall–Kier alpha value is -1.31. The van der Waals surface area contributed by atoms with Crippen LogP contribution in [0.15, 0.2) is 18.5 Å². The third-order valence-corrected chi connectivity index (χ3v) is 2.70. The van der Waals surface area contributed by atoms with Gasteiger partial charge in [0.25, 0.3) is 0 Å². The Labute approximate surface area is 84.6 Å². The third kappa shape index (κ3) is 1.22. The van der Waals surface area contributed by atoms with Crippen LogP contribution in [0.1, 0.15) is 36.5 Å². The summed E-state index contributed by atoms with van der Waals surface area (Å²) < 4.78 is 1.97. The van der Waals surface area contributed by atoms with Gasteiger partial charge in [-0.15, -0.1) is 0 Å². The average Bonchev–Trinajstić information content (AvgIpc) is 2.47. The third-order valence-electron chi connectivity index (χ3n) is 2.70. The molecule has 2 heterocycles. The van der Waals surface area contributed by atoms with Crippen LogP contribution in [0.2, 0.25) is 0 Å². The van der Waals surface area contributed by atoms with E-state index in [-0.39, 0.29) is 0 Å². The van der Waals surface area contributed by atoms with Crippen molar-refractivity contribution in [2.75, 3.05) is 0 Å². The lowest BCUT2D eigenvalue weighted by Gasteiger charge is -2.12. The fourth-order valence-corrected chi connectivity index (χ4v) is 2.08. The van der Waals surface area contributed by atoms with Crippen LogP contribution in [-0.4, -0.2) is 9.61 Å². The van der Waals surface area contributed by atoms with Gasteiger partial charge >= 0.3 is 0 Å². The van der Waals surface area contributed by atoms with Crippen molar-refractivity contribution in [3.8, 4) is 0 Å². The molecule has 0 aliphatic rings. The minimum Gasteiger partial charge on any atom is -0.240 e. The zero-order valence-corrected chi connectivity index (χ0v) is 9.20. The van der Waals surface area contributed by atoms with Crippen molar-refractivity contribution in [1.82, 2.24) is 9.61 Å². The van der Waals surface area contributed by atoms with Gasteiger partial charge in [-0.3, -0.25) is 0 Å². The topological polar surface area (TPSA) is 17.3 Å². The van der Waals surface area contributed by atoms with Gasteiger partial charge in [0.05, 0.1) is 11.7 Å². The molecule has 2 aromatic heterocycles. The van der Waals surface area contributed by atoms with Crippen LogP contribution in [-0.2, 0) is 0 Å². The molecule has 14 heavy (non-hydrogen) atoms. The monoisotopic (exact) mass is 188 g/mol. The Balaban J connectivity index is 2.87. The summed E-state index contributed by atoms with van der Waals surface area (Å²) in [5.74, 6) is 0.550. The molecular weight excluding hydrogens is 172 g/mol. The molecule has 2 aromatic rings. The molecule has 0 bridgehead atoms. The normalized spacial score (nSPS) is 11.5. The lowest BCUT2D eigenvalue weighted by atomic mass is 9.98. The molecule has 0 radical (unpaired) electrons. The Morgan fingerprint density at radius 2 is 1.93 bits per heavy atom. The number of rotatable bonds is 1. The number of hydrogen-bond donors (Lipinski definition) is 0. The highest BCUT2D eigenvalue weighted by atomic mass is 15.2. The average molecular weight is 188 g/mol. The smallest absolute Gasteiger partial charge is 0.0713 e. The van der Waals surface area contributed by atoms with Crippen LogP contribution in [0.25, 0.3) is 5.52 Å². The van der Waals surface area contributed by atoms with Gasteiger partial charge in [-0.2, -0.15) is 5.10 Å². The second-order valence-electron chi connectivity index (χ2n) is 4.19. The van der Waals surface area contributed by atoms with Crippen LogP contribution < -0.4 is 0 Å². The van der Waals surface area contributed by atoms with E-state index in [4.69, 9.17) is 0 Å². The maximum absolute atomic E-state index is 4.36. The highest BCUT2D eigenvalue weighted by molar-refractivity contribution is 5.63. The fourth-order valence-electron chi connectivity index (χ4n) is 2.08. The SMILES string of the molecule is Cc1cnn2ccc(C)c2c1C(C)C. The first-order valence-electron chi connectivity index (χ1n) is 5.04. The second-order valence-corrected chi connectivity index (χ2v) is 4.19. The van der Waals surface area contributed by atoms with Gasteiger partial charge in [0.1, 0.15) is 0 Å². The quantitative estimate of drug-likeness (QED) is 0.672. The Morgan fingerprint density at radius 1 is 1.21 bits per heavy atom. The molecule has 0 atom stereocenters. The molecule has 0 aromatic carbocycles. The van der Waals surface area contributed by atoms with Crippen molar-refractivity contribution in [3.63, 3.8) is 0 Å². The number of nitrogens with zero attached hydrogens (tertiary/aromatic N) is 2. The molecule has 2 rings (SSSR count). The van der Waals surface area contributed by atoms with Gasteiger partial charge in [0, 0.05) is 6.20 Å². The van der Waals surface area contributed by atoms with Crippen LogP contribution >= 0.6 is 0 Å². The van der Waals surface area contributed by atoms with Gasteiger partial charge in [0.15, 0.2) is 0 Å². The number of aryl methyl sites for hydroxylation is 2. The van der Waals surface area contributed by atoms with E-state index in [1.165, 1.54) is 22.2 Å². The first-order valence-corrected chi connectivity index (χ1v) is 5.04. The standard InChI is InChI=1S/C12H16N2/c1-8(2)11-10(4)7-13-14-6-5-9(3)12(11)14/h5-8H,1-4H3. The maximum atomic E-state index is 4.36. The van der Waals surface area contributed by atoms with Crippen molar-refractivity contribution in [2.24, 2.45) is 0 Å². The van der Waals surface area contributed by atoms with Crippen LogP contribution in [0.3, 0.4) is 0 Å². The molecule has 0 spiro atoms. The predicted octanol–water partition coefficient (Wildman–Crippen LogP) is 3.07. The van der Waals surface area contributed by atoms with Crippen molar-refractivity contribution >= 4 is 5.52 Å². The molecule has 0 aliphatic carbocycles. The maximum Gasteiger partial charge on any atom is 0.0713 e. The zero-order chi connectivity index (χ0) is 10.3. The van der Waals surface area contributed by atoms with Gasteiger partial charge < -0.3 is 0 Å². The lowest BCUT2D eigenvalue weighted by molar-refractivity contribution is 0.826. The van der Waals surface area contributed by atoms with Gasteiger partial charge in [-0.05, 0) is 42.5 Å². The summed E-state index contributed by atoms with van der Waals surface area (Å²) >= 11 is 0. The number of aromatic nitrogens is 2. The molecule has 0 unspecified atom stereocenters. The molecular formula is C12H16N2. The lowest BCUT2D eigenvalue weighted by Crippen LogP contribution is -2.00. The van der Waals surface area contributed by atoms with E-state index in [2.05, 4.69) is 38.9 Å². The zero-order valence-electron chi connectivity index (χ0n) is 9.20. The Kier molecular flexibility index (Phi) is 2.06. The van der Waals surface area contributed by atoms with Crippen LogP contribution in [0.5, 0.6) is 0 Å². The highest BCUT2D eigenvalue weighted by Crippen LogP contribution is 2.26. The summed E-state index contributed by atoms with van der Waals surface area (Å²) in [6.45, 7) is 8.74. The summed E-state index contributed by atoms with van der Waals surface area (Å²) in [4.78, 5) is 0. The van der Waals surface area contributed by atoms with E-state index >= 15 is 0 Å². The van der Waals surface area contributed by atoms with Gasteiger partial charge in [-0.25, -0.2) is 4.52 Å². The molecule has 0 saturated carbocycles. The van der Waals surface area contributed by atoms with Crippen molar-refractivity contribution < 1.29 is 0 Å². The van der Waals surface area contributed by atoms with E-state index in [0.717, 1.165) is 0 Å². The van der Waals surface area contributed by atoms with E-state index in [1.54, 1.807) is 0 Å². The fraction of sp³-hybridized carbons (Fsp3) is 0.417. The van der Waals surface area contributed by atoms with Gasteiger partial charge in [0.2, 0.25) is 0 Å². The highest BCUT2D eigenvalue weighted by Gasteiger charge is 2.11. The number of hydrogen-bond acceptors (Lipinski definition) is 1. The summed E-state index contributed by atoms with van der Waals surface area (Å²) in [6.07, 6.45) is 3.97. The van der Waals surface area contributed by atoms with E-state index in [9.17, 15) is 0 Å². The van der Waals surface area contributed by atoms with Crippen molar-refractivity contribution in [2.45, 2.75) is 33.6 Å². The molecule has 0 saturated heterocycles. The molecule has 0 amide bonds. The molecule has 0 aliphatic heterocycles. The van der Waals surface area contributed by atoms with E-state index in [0.29, 0.717) is 5.92 Å². The Morgan fingerprint density at radius 3 is 2.57 bits per heavy atom. The first-order chi connectivity index (χ1) is 6.61. The minimum absolute atomic E-state index is 0.550. The van der Waals surface area contributed by atoms with E-state index < -0.39 is 0 Å². The summed E-state index contributed by atoms with van der Waals surface area (Å²) in [7, 11) is 0.